The monoisotopic (exact) mass is 300 g/mol. The summed E-state index contributed by atoms with van der Waals surface area (Å²) in [6, 6.07) is 0. The molecule has 10 heteroatoms. The van der Waals surface area contributed by atoms with Crippen molar-refractivity contribution in [2.75, 3.05) is 0 Å². The van der Waals surface area contributed by atoms with Crippen LogP contribution >= 0.6 is 0 Å². The van der Waals surface area contributed by atoms with Crippen LogP contribution in [0.2, 0.25) is 0 Å². The largest absolute Gasteiger partial charge is 0.595 e. The van der Waals surface area contributed by atoms with E-state index in [0.29, 0.717) is 5.56 Å². The van der Waals surface area contributed by atoms with E-state index in [9.17, 15) is 31.2 Å². The number of hydrogen-bond donors (Lipinski definition) is 7. The molecule has 1 aromatic heterocycles. The Labute approximate surface area is 118 Å². The predicted molar refractivity (Wildman–Crippen MR) is 69.8 cm³/mol. The lowest BCUT2D eigenvalue weighted by molar-refractivity contribution is -0.997. The smallest absolute Gasteiger partial charge is 0.198 e. The molecule has 3 atom stereocenters. The van der Waals surface area contributed by atoms with E-state index in [2.05, 4.69) is 4.98 Å². The minimum Gasteiger partial charge on any atom is -0.595 e. The van der Waals surface area contributed by atoms with Gasteiger partial charge in [0.15, 0.2) is 17.1 Å². The number of fused-ring (bicyclic) bond motifs is 1. The molecule has 0 bridgehead atoms. The quantitative estimate of drug-likeness (QED) is 0.335. The number of benzene rings is 1. The number of aromatic nitrogens is 1. The van der Waals surface area contributed by atoms with Gasteiger partial charge in [0.05, 0.1) is 16.8 Å². The molecule has 3 unspecified atom stereocenters. The zero-order chi connectivity index (χ0) is 16.1. The van der Waals surface area contributed by atoms with Gasteiger partial charge in [-0.1, -0.05) is 0 Å². The van der Waals surface area contributed by atoms with Gasteiger partial charge in [-0.25, -0.2) is 15.6 Å². The van der Waals surface area contributed by atoms with Crippen LogP contribution in [0.15, 0.2) is 0 Å². The number of H-pyrrole nitrogens is 1. The highest BCUT2D eigenvalue weighted by Crippen LogP contribution is 2.37. The zero-order valence-electron chi connectivity index (χ0n) is 11.6. The number of aryl methyl sites for hydroxylation is 2. The van der Waals surface area contributed by atoms with Crippen molar-refractivity contribution in [3.05, 3.63) is 32.4 Å². The van der Waals surface area contributed by atoms with Crippen LogP contribution in [0, 0.1) is 36.4 Å². The lowest BCUT2D eigenvalue weighted by Gasteiger charge is -2.22. The van der Waals surface area contributed by atoms with Gasteiger partial charge in [-0.3, -0.25) is 0 Å². The molecule has 0 aliphatic carbocycles. The van der Waals surface area contributed by atoms with Crippen molar-refractivity contribution in [1.29, 1.82) is 0 Å². The molecule has 0 aliphatic rings. The molecule has 116 valence electrons. The number of aromatic amines is 1. The fourth-order valence-electron chi connectivity index (χ4n) is 2.73. The Kier molecular flexibility index (Phi) is 3.99. The molecule has 2 rings (SSSR count). The van der Waals surface area contributed by atoms with Crippen LogP contribution in [-0.4, -0.2) is 20.6 Å². The fraction of sp³-hybridized carbons (Fsp3) is 0.273. The van der Waals surface area contributed by atoms with Crippen LogP contribution in [0.5, 0.6) is 0 Å². The molecule has 21 heavy (non-hydrogen) atoms. The summed E-state index contributed by atoms with van der Waals surface area (Å²) in [7, 11) is 0. The van der Waals surface area contributed by atoms with Crippen LogP contribution < -0.4 is 15.7 Å². The van der Waals surface area contributed by atoms with E-state index in [1.165, 1.54) is 20.8 Å². The molecule has 0 fully saturated rings. The molecule has 2 aromatic rings. The molecule has 0 aliphatic heterocycles. The molecule has 0 saturated carbocycles. The number of nitrogens with one attached hydrogen (secondary N) is 4. The van der Waals surface area contributed by atoms with Gasteiger partial charge in [-0.15, -0.1) is 0 Å². The highest BCUT2D eigenvalue weighted by molar-refractivity contribution is 6.03. The van der Waals surface area contributed by atoms with Gasteiger partial charge < -0.3 is 20.6 Å². The van der Waals surface area contributed by atoms with Gasteiger partial charge >= 0.3 is 0 Å². The van der Waals surface area contributed by atoms with E-state index in [-0.39, 0.29) is 39.2 Å². The molecular formula is C11H16N4O6. The van der Waals surface area contributed by atoms with Crippen LogP contribution in [0.1, 0.15) is 16.8 Å². The van der Waals surface area contributed by atoms with Crippen molar-refractivity contribution in [2.45, 2.75) is 20.8 Å². The first-order chi connectivity index (χ1) is 9.68. The van der Waals surface area contributed by atoms with Crippen molar-refractivity contribution in [3.63, 3.8) is 0 Å². The minimum absolute atomic E-state index is 0.0347. The maximum atomic E-state index is 11.5. The predicted octanol–water partition coefficient (Wildman–Crippen LogP) is -1.70. The second-order valence-electron chi connectivity index (χ2n) is 4.79. The Morgan fingerprint density at radius 3 is 1.67 bits per heavy atom. The van der Waals surface area contributed by atoms with E-state index < -0.39 is 15.7 Å². The van der Waals surface area contributed by atoms with Gasteiger partial charge in [0.1, 0.15) is 5.39 Å². The first-order valence-corrected chi connectivity index (χ1v) is 6.03. The van der Waals surface area contributed by atoms with Crippen LogP contribution in [0.3, 0.4) is 0 Å². The SMILES string of the molecule is Cc1[nH]c2c(C)c([NH+]([O-])O)c(C)c([NH+]([O-])O)c2c1[NH+]([O-])O. The summed E-state index contributed by atoms with van der Waals surface area (Å²) < 4.78 is 0. The summed E-state index contributed by atoms with van der Waals surface area (Å²) in [5, 5.41) is 58.4. The van der Waals surface area contributed by atoms with E-state index in [4.69, 9.17) is 0 Å². The average molecular weight is 300 g/mol. The van der Waals surface area contributed by atoms with Gasteiger partial charge in [0.2, 0.25) is 0 Å². The molecule has 0 amide bonds. The van der Waals surface area contributed by atoms with Crippen molar-refractivity contribution < 1.29 is 31.3 Å². The maximum absolute atomic E-state index is 11.5. The van der Waals surface area contributed by atoms with Crippen molar-refractivity contribution in [2.24, 2.45) is 0 Å². The second-order valence-corrected chi connectivity index (χ2v) is 4.79. The van der Waals surface area contributed by atoms with E-state index in [1.807, 2.05) is 0 Å². The van der Waals surface area contributed by atoms with Crippen LogP contribution in [0.4, 0.5) is 17.1 Å². The number of rotatable bonds is 3. The van der Waals surface area contributed by atoms with Gasteiger partial charge in [0, 0.05) is 5.56 Å². The molecule has 0 spiro atoms. The summed E-state index contributed by atoms with van der Waals surface area (Å²) in [5.41, 5.74) is 0.297. The normalized spacial score (nSPS) is 16.2. The third-order valence-corrected chi connectivity index (χ3v) is 3.58. The number of hydrogen-bond acceptors (Lipinski definition) is 6. The third kappa shape index (κ3) is 2.30. The lowest BCUT2D eigenvalue weighted by Crippen LogP contribution is -3.02. The van der Waals surface area contributed by atoms with Gasteiger partial charge in [-0.2, -0.15) is 15.7 Å². The van der Waals surface area contributed by atoms with Crippen molar-refractivity contribution >= 4 is 28.0 Å². The Bertz CT molecular complexity index is 694. The number of quaternary nitrogens is 3. The highest BCUT2D eigenvalue weighted by atomic mass is 16.8. The van der Waals surface area contributed by atoms with Crippen molar-refractivity contribution in [3.8, 4) is 0 Å². The zero-order valence-corrected chi connectivity index (χ0v) is 11.6. The molecule has 1 aromatic carbocycles. The summed E-state index contributed by atoms with van der Waals surface area (Å²) in [4.78, 5) is 2.79. The third-order valence-electron chi connectivity index (χ3n) is 3.58. The highest BCUT2D eigenvalue weighted by Gasteiger charge is 2.30. The van der Waals surface area contributed by atoms with Gasteiger partial charge in [-0.05, 0) is 20.8 Å². The molecule has 7 N–H and O–H groups in total. The molecule has 1 heterocycles. The Morgan fingerprint density at radius 2 is 1.24 bits per heavy atom. The standard InChI is InChI=1S/C11H16N4O6/c1-4-8-7(11(15(20)21)6(3)12-8)10(14(18)19)5(2)9(4)13(16)17/h12-16,18,20H,1-3H3. The minimum atomic E-state index is -1.36. The van der Waals surface area contributed by atoms with Crippen molar-refractivity contribution in [1.82, 2.24) is 4.98 Å². The van der Waals surface area contributed by atoms with Gasteiger partial charge in [0.25, 0.3) is 0 Å². The molecule has 10 nitrogen and oxygen atoms in total. The first-order valence-electron chi connectivity index (χ1n) is 6.03. The summed E-state index contributed by atoms with van der Waals surface area (Å²) in [6.45, 7) is 4.39. The summed E-state index contributed by atoms with van der Waals surface area (Å²) in [5.74, 6) is 0. The Morgan fingerprint density at radius 1 is 0.762 bits per heavy atom. The van der Waals surface area contributed by atoms with E-state index in [0.717, 1.165) is 0 Å². The Balaban J connectivity index is 3.06. The average Bonchev–Trinajstić information content (AvgIpc) is 2.65. The van der Waals surface area contributed by atoms with E-state index in [1.54, 1.807) is 0 Å². The maximum Gasteiger partial charge on any atom is 0.198 e. The fourth-order valence-corrected chi connectivity index (χ4v) is 2.73. The van der Waals surface area contributed by atoms with Crippen LogP contribution in [0.25, 0.3) is 10.9 Å². The lowest BCUT2D eigenvalue weighted by atomic mass is 10.0. The van der Waals surface area contributed by atoms with E-state index >= 15 is 0 Å². The van der Waals surface area contributed by atoms with Crippen LogP contribution in [-0.2, 0) is 0 Å². The topological polar surface area (TPSA) is 159 Å². The summed E-state index contributed by atoms with van der Waals surface area (Å²) >= 11 is 0. The molecular weight excluding hydrogens is 284 g/mol. The molecule has 0 radical (unpaired) electrons. The summed E-state index contributed by atoms with van der Waals surface area (Å²) in [6.07, 6.45) is 0. The molecule has 0 saturated heterocycles. The second kappa shape index (κ2) is 5.31. The Hall–Kier alpha value is -1.60. The first kappa shape index (κ1) is 15.8.